The molecule has 7 aliphatic heterocycles. The first-order valence-corrected chi connectivity index (χ1v) is 17.2. The number of amides is 1. The van der Waals surface area contributed by atoms with Gasteiger partial charge in [-0.3, -0.25) is 29.1 Å². The minimum absolute atomic E-state index is 0.0302. The number of phenolic OH excluding ortho intramolecular Hbond substituents is 1. The number of Topliss-reactive ketones (excluding diaryl/α,β-unsaturated/α-hetero) is 1. The first-order chi connectivity index (χ1) is 23.1. The Bertz CT molecular complexity index is 1930. The molecule has 1 N–H and O–H groups in total. The molecule has 0 aromatic heterocycles. The zero-order chi connectivity index (χ0) is 33.2. The number of hydrogen-bond donors (Lipinski definition) is 1. The van der Waals surface area contributed by atoms with Gasteiger partial charge in [0.2, 0.25) is 5.91 Å². The lowest BCUT2D eigenvalue weighted by Gasteiger charge is -2.59. The van der Waals surface area contributed by atoms with Crippen LogP contribution in [0.2, 0.25) is 0 Å². The number of carbonyl (C=O) groups excluding carboxylic acids is 3. The number of likely N-dealkylation sites (N-methyl/N-ethyl adjacent to an activating group) is 2. The van der Waals surface area contributed by atoms with E-state index >= 15 is 4.79 Å². The van der Waals surface area contributed by atoms with Gasteiger partial charge in [0.15, 0.2) is 28.7 Å². The molecule has 10 rings (SSSR count). The quantitative estimate of drug-likeness (QED) is 0.392. The van der Waals surface area contributed by atoms with Crippen molar-refractivity contribution in [2.24, 2.45) is 5.41 Å². The summed E-state index contributed by atoms with van der Waals surface area (Å²) in [7, 11) is 7.21. The Balaban J connectivity index is 1.32. The minimum Gasteiger partial charge on any atom is -0.506 e. The van der Waals surface area contributed by atoms with Crippen LogP contribution in [0.4, 0.5) is 11.4 Å². The number of para-hydroxylation sites is 1. The van der Waals surface area contributed by atoms with Gasteiger partial charge in [-0.15, -0.1) is 0 Å². The van der Waals surface area contributed by atoms with E-state index in [2.05, 4.69) is 35.1 Å². The molecule has 5 saturated heterocycles. The number of hydrogen-bond acceptors (Lipinski definition) is 10. The van der Waals surface area contributed by atoms with Crippen LogP contribution >= 0.6 is 0 Å². The van der Waals surface area contributed by atoms with Crippen LogP contribution < -0.4 is 19.3 Å². The Labute approximate surface area is 279 Å². The van der Waals surface area contributed by atoms with Crippen LogP contribution in [0.1, 0.15) is 61.6 Å². The molecule has 8 aliphatic rings. The summed E-state index contributed by atoms with van der Waals surface area (Å²) >= 11 is 0. The van der Waals surface area contributed by atoms with Crippen LogP contribution in [0.5, 0.6) is 17.2 Å². The molecule has 250 valence electrons. The Morgan fingerprint density at radius 3 is 2.52 bits per heavy atom. The first kappa shape index (κ1) is 28.9. The fraction of sp³-hybridized carbons (Fsp3) is 0.541. The number of aromatic hydroxyl groups is 1. The van der Waals surface area contributed by atoms with Crippen molar-refractivity contribution in [3.63, 3.8) is 0 Å². The third kappa shape index (κ3) is 2.64. The number of likely N-dealkylation sites (tertiary alicyclic amines) is 1. The Kier molecular flexibility index (Phi) is 5.25. The van der Waals surface area contributed by atoms with Crippen molar-refractivity contribution >= 4 is 29.0 Å². The van der Waals surface area contributed by atoms with Crippen molar-refractivity contribution in [1.29, 1.82) is 0 Å². The number of ketones is 1. The van der Waals surface area contributed by atoms with Crippen molar-refractivity contribution in [3.8, 4) is 17.2 Å². The van der Waals surface area contributed by atoms with Gasteiger partial charge in [0, 0.05) is 45.1 Å². The van der Waals surface area contributed by atoms with Gasteiger partial charge in [-0.2, -0.15) is 0 Å². The first-order valence-electron chi connectivity index (χ1n) is 17.2. The molecule has 1 amide bonds. The average Bonchev–Trinajstić information content (AvgIpc) is 3.77. The molecule has 2 aromatic carbocycles. The van der Waals surface area contributed by atoms with Crippen molar-refractivity contribution in [1.82, 2.24) is 9.80 Å². The van der Waals surface area contributed by atoms with Gasteiger partial charge >= 0.3 is 5.97 Å². The van der Waals surface area contributed by atoms with Crippen LogP contribution in [0.15, 0.2) is 36.4 Å². The van der Waals surface area contributed by atoms with E-state index in [1.807, 2.05) is 18.0 Å². The molecule has 48 heavy (non-hydrogen) atoms. The number of ether oxygens (including phenoxy) is 3. The smallest absolute Gasteiger partial charge is 0.308 e. The average molecular weight is 653 g/mol. The number of methoxy groups -OCH3 is 2. The molecule has 7 heterocycles. The lowest BCUT2D eigenvalue weighted by molar-refractivity contribution is -0.207. The molecule has 0 unspecified atom stereocenters. The van der Waals surface area contributed by atoms with Gasteiger partial charge in [-0.05, 0) is 56.0 Å². The Morgan fingerprint density at radius 1 is 0.917 bits per heavy atom. The van der Waals surface area contributed by atoms with Gasteiger partial charge < -0.3 is 24.2 Å². The van der Waals surface area contributed by atoms with E-state index in [-0.39, 0.29) is 35.9 Å². The third-order valence-corrected chi connectivity index (χ3v) is 13.9. The maximum Gasteiger partial charge on any atom is 0.308 e. The second-order valence-electron chi connectivity index (χ2n) is 15.2. The van der Waals surface area contributed by atoms with Gasteiger partial charge in [-0.25, -0.2) is 0 Å². The molecule has 11 heteroatoms. The van der Waals surface area contributed by atoms with Crippen LogP contribution in [0, 0.1) is 5.41 Å². The fourth-order valence-corrected chi connectivity index (χ4v) is 12.3. The molecule has 0 saturated carbocycles. The lowest BCUT2D eigenvalue weighted by atomic mass is 9.52. The number of rotatable bonds is 3. The highest BCUT2D eigenvalue weighted by molar-refractivity contribution is 6.17. The second kappa shape index (κ2) is 8.73. The number of anilines is 2. The van der Waals surface area contributed by atoms with Crippen molar-refractivity contribution in [2.45, 2.75) is 73.2 Å². The highest BCUT2D eigenvalue weighted by Gasteiger charge is 2.81. The van der Waals surface area contributed by atoms with Crippen molar-refractivity contribution in [3.05, 3.63) is 53.1 Å². The van der Waals surface area contributed by atoms with Crippen LogP contribution in [-0.2, 0) is 30.0 Å². The zero-order valence-corrected chi connectivity index (χ0v) is 27.8. The van der Waals surface area contributed by atoms with Gasteiger partial charge in [0.1, 0.15) is 5.75 Å². The van der Waals surface area contributed by atoms with E-state index < -0.39 is 27.6 Å². The maximum atomic E-state index is 15.6. The normalized spacial score (nSPS) is 38.7. The van der Waals surface area contributed by atoms with Gasteiger partial charge in [-0.1, -0.05) is 24.3 Å². The summed E-state index contributed by atoms with van der Waals surface area (Å²) in [6.07, 6.45) is 8.49. The Hall–Kier alpha value is -4.09. The summed E-state index contributed by atoms with van der Waals surface area (Å²) in [5.74, 6) is 0.532. The molecule has 2 aromatic rings. The molecule has 3 spiro atoms. The third-order valence-electron chi connectivity index (χ3n) is 13.9. The van der Waals surface area contributed by atoms with Crippen LogP contribution in [0.3, 0.4) is 0 Å². The topological polar surface area (TPSA) is 112 Å². The summed E-state index contributed by atoms with van der Waals surface area (Å²) in [6.45, 7) is 2.18. The van der Waals surface area contributed by atoms with E-state index in [1.54, 1.807) is 31.3 Å². The predicted octanol–water partition coefficient (Wildman–Crippen LogP) is 3.19. The van der Waals surface area contributed by atoms with E-state index in [0.29, 0.717) is 54.1 Å². The van der Waals surface area contributed by atoms with Crippen molar-refractivity contribution in [2.75, 3.05) is 57.7 Å². The molecule has 5 fully saturated rings. The summed E-state index contributed by atoms with van der Waals surface area (Å²) in [6, 6.07) is 7.26. The number of esters is 1. The standard InChI is InChI=1S/C37H40N4O7/c1-38-17-14-34(21-7-5-8-24(42)28(21)41-26(43)10-13-36(38,41)32(34)45)23-19-22-29(31(47-4)30(23)46-3)39(2)25-9-12-33-11-6-16-40-18-15-35(22,25)37(33,40)48-27(44)20-33/h5,7-9,12,19,25,42H,6,10-11,13-18,20H2,1-4H3/t25-,33-,34+,35-,36-,37+/m1/s1. The molecule has 6 atom stereocenters. The van der Waals surface area contributed by atoms with Crippen molar-refractivity contribution < 1.29 is 33.7 Å². The highest BCUT2D eigenvalue weighted by atomic mass is 16.6. The SMILES string of the molecule is COc1c([C@]23CCN(C)[C@@]4(CCC(=O)N4c4c(O)cccc42)C3=O)cc2c(c1OC)N(C)[C@@H]1C=C[C@@]34CCCN5CC[C@@]21[C@]53OC(=O)C4. The molecule has 2 bridgehead atoms. The van der Waals surface area contributed by atoms with E-state index in [9.17, 15) is 14.7 Å². The molecular weight excluding hydrogens is 612 g/mol. The predicted molar refractivity (Wildman–Crippen MR) is 174 cm³/mol. The largest absolute Gasteiger partial charge is 0.506 e. The Morgan fingerprint density at radius 2 is 1.73 bits per heavy atom. The van der Waals surface area contributed by atoms with Crippen LogP contribution in [-0.4, -0.2) is 97.9 Å². The second-order valence-corrected chi connectivity index (χ2v) is 15.2. The van der Waals surface area contributed by atoms with Gasteiger partial charge in [0.25, 0.3) is 0 Å². The molecule has 0 radical (unpaired) electrons. The summed E-state index contributed by atoms with van der Waals surface area (Å²) in [5.41, 5.74) is -0.900. The fourth-order valence-electron chi connectivity index (χ4n) is 12.3. The monoisotopic (exact) mass is 652 g/mol. The number of nitrogens with zero attached hydrogens (tertiary/aromatic N) is 4. The number of carbonyl (C=O) groups is 3. The summed E-state index contributed by atoms with van der Waals surface area (Å²) < 4.78 is 19.3. The number of benzene rings is 2. The number of fused-ring (bicyclic) bond motifs is 5. The zero-order valence-electron chi connectivity index (χ0n) is 27.8. The number of piperidine rings is 2. The molecule has 11 nitrogen and oxygen atoms in total. The van der Waals surface area contributed by atoms with Crippen LogP contribution in [0.25, 0.3) is 0 Å². The summed E-state index contributed by atoms with van der Waals surface area (Å²) in [5, 5.41) is 11.5. The van der Waals surface area contributed by atoms with E-state index in [1.165, 1.54) is 0 Å². The van der Waals surface area contributed by atoms with E-state index in [4.69, 9.17) is 14.2 Å². The molecule has 1 aliphatic carbocycles. The van der Waals surface area contributed by atoms with E-state index in [0.717, 1.165) is 43.6 Å². The molecular formula is C37H40N4O7. The lowest BCUT2D eigenvalue weighted by Crippen LogP contribution is -2.73. The maximum absolute atomic E-state index is 15.6. The number of phenols is 1. The minimum atomic E-state index is -1.25. The summed E-state index contributed by atoms with van der Waals surface area (Å²) in [4.78, 5) is 50.9. The van der Waals surface area contributed by atoms with Gasteiger partial charge in [0.05, 0.1) is 54.3 Å². The highest BCUT2D eigenvalue weighted by Crippen LogP contribution is 2.73.